The molecule has 0 aliphatic rings. The molecule has 0 aliphatic heterocycles. The Morgan fingerprint density at radius 3 is 2.29 bits per heavy atom. The highest BCUT2D eigenvalue weighted by Crippen LogP contribution is 2.28. The lowest BCUT2D eigenvalue weighted by Crippen LogP contribution is -2.18. The predicted molar refractivity (Wildman–Crippen MR) is 132 cm³/mol. The lowest BCUT2D eigenvalue weighted by molar-refractivity contribution is -0.136. The average molecular weight is 461 g/mol. The second-order valence-corrected chi connectivity index (χ2v) is 8.78. The van der Waals surface area contributed by atoms with E-state index in [0.717, 1.165) is 19.3 Å². The van der Waals surface area contributed by atoms with Gasteiger partial charge in [-0.05, 0) is 66.1 Å². The second-order valence-electron chi connectivity index (χ2n) is 8.78. The van der Waals surface area contributed by atoms with Crippen LogP contribution in [0, 0.1) is 0 Å². The van der Waals surface area contributed by atoms with Crippen LogP contribution in [0.2, 0.25) is 0 Å². The van der Waals surface area contributed by atoms with Crippen LogP contribution in [0.3, 0.4) is 0 Å². The van der Waals surface area contributed by atoms with Crippen LogP contribution in [-0.4, -0.2) is 25.2 Å². The van der Waals surface area contributed by atoms with Crippen LogP contribution >= 0.6 is 0 Å². The third-order valence-corrected chi connectivity index (χ3v) is 5.86. The molecule has 0 fully saturated rings. The topological polar surface area (TPSA) is 61.8 Å². The number of rotatable bonds is 11. The summed E-state index contributed by atoms with van der Waals surface area (Å²) in [4.78, 5) is 24.6. The third-order valence-electron chi connectivity index (χ3n) is 5.86. The van der Waals surface area contributed by atoms with Gasteiger partial charge in [0.15, 0.2) is 6.61 Å². The summed E-state index contributed by atoms with van der Waals surface area (Å²) in [5, 5.41) is 0. The molecule has 0 aromatic heterocycles. The number of carbonyl (C=O) groups is 2. The van der Waals surface area contributed by atoms with Gasteiger partial charge in [-0.25, -0.2) is 9.59 Å². The number of benzene rings is 3. The molecule has 0 radical (unpaired) electrons. The minimum Gasteiger partial charge on any atom is -0.482 e. The van der Waals surface area contributed by atoms with Crippen molar-refractivity contribution in [1.29, 1.82) is 0 Å². The summed E-state index contributed by atoms with van der Waals surface area (Å²) < 4.78 is 16.2. The zero-order valence-corrected chi connectivity index (χ0v) is 20.1. The van der Waals surface area contributed by atoms with Crippen molar-refractivity contribution in [3.63, 3.8) is 0 Å². The largest absolute Gasteiger partial charge is 0.482 e. The van der Waals surface area contributed by atoms with Gasteiger partial charge in [-0.2, -0.15) is 0 Å². The SMILES string of the molecule is CCC(C)(C)c1ccc(OCC(=O)Oc2cccc(C(=O)OCCCc3ccccc3)c2)cc1. The van der Waals surface area contributed by atoms with Crippen molar-refractivity contribution >= 4 is 11.9 Å². The molecule has 3 aromatic rings. The smallest absolute Gasteiger partial charge is 0.349 e. The summed E-state index contributed by atoms with van der Waals surface area (Å²) in [6.07, 6.45) is 2.60. The van der Waals surface area contributed by atoms with Gasteiger partial charge in [0, 0.05) is 0 Å². The number of hydrogen-bond donors (Lipinski definition) is 0. The molecule has 0 spiro atoms. The standard InChI is InChI=1S/C29H32O5/c1-4-29(2,3)24-15-17-25(18-16-24)33-21-27(30)34-26-14-8-13-23(20-26)28(31)32-19-9-12-22-10-6-5-7-11-22/h5-8,10-11,13-18,20H,4,9,12,19,21H2,1-3H3. The number of esters is 2. The van der Waals surface area contributed by atoms with Crippen molar-refractivity contribution in [3.05, 3.63) is 95.6 Å². The lowest BCUT2D eigenvalue weighted by Gasteiger charge is -2.23. The maximum atomic E-state index is 12.3. The number of carbonyl (C=O) groups excluding carboxylic acids is 2. The highest BCUT2D eigenvalue weighted by atomic mass is 16.6. The van der Waals surface area contributed by atoms with E-state index in [4.69, 9.17) is 14.2 Å². The van der Waals surface area contributed by atoms with Gasteiger partial charge in [0.2, 0.25) is 0 Å². The van der Waals surface area contributed by atoms with Gasteiger partial charge < -0.3 is 14.2 Å². The van der Waals surface area contributed by atoms with Crippen LogP contribution in [-0.2, 0) is 21.4 Å². The van der Waals surface area contributed by atoms with Crippen molar-refractivity contribution in [3.8, 4) is 11.5 Å². The van der Waals surface area contributed by atoms with Crippen molar-refractivity contribution in [2.45, 2.75) is 45.4 Å². The second kappa shape index (κ2) is 12.0. The van der Waals surface area contributed by atoms with Gasteiger partial charge in [0.1, 0.15) is 11.5 Å². The first-order chi connectivity index (χ1) is 16.4. The van der Waals surface area contributed by atoms with E-state index in [0.29, 0.717) is 17.9 Å². The molecule has 0 saturated heterocycles. The van der Waals surface area contributed by atoms with Gasteiger partial charge in [0.05, 0.1) is 12.2 Å². The molecule has 3 rings (SSSR count). The number of aryl methyl sites for hydroxylation is 1. The van der Waals surface area contributed by atoms with Crippen LogP contribution in [0.1, 0.15) is 55.1 Å². The minimum atomic E-state index is -0.550. The number of ether oxygens (including phenoxy) is 3. The normalized spacial score (nSPS) is 11.0. The average Bonchev–Trinajstić information content (AvgIpc) is 2.86. The first-order valence-electron chi connectivity index (χ1n) is 11.6. The first-order valence-corrected chi connectivity index (χ1v) is 11.6. The molecule has 0 atom stereocenters. The molecule has 5 heteroatoms. The lowest BCUT2D eigenvalue weighted by atomic mass is 9.82. The van der Waals surface area contributed by atoms with E-state index < -0.39 is 11.9 Å². The van der Waals surface area contributed by atoms with Gasteiger partial charge in [-0.3, -0.25) is 0 Å². The van der Waals surface area contributed by atoms with Crippen LogP contribution in [0.15, 0.2) is 78.9 Å². The van der Waals surface area contributed by atoms with Crippen LogP contribution in [0.5, 0.6) is 11.5 Å². The zero-order valence-electron chi connectivity index (χ0n) is 20.1. The quantitative estimate of drug-likeness (QED) is 0.195. The fourth-order valence-corrected chi connectivity index (χ4v) is 3.37. The maximum Gasteiger partial charge on any atom is 0.349 e. The van der Waals surface area contributed by atoms with Gasteiger partial charge in [-0.1, -0.05) is 69.3 Å². The molecule has 0 N–H and O–H groups in total. The summed E-state index contributed by atoms with van der Waals surface area (Å²) in [6.45, 7) is 6.62. The fourth-order valence-electron chi connectivity index (χ4n) is 3.37. The Morgan fingerprint density at radius 1 is 0.853 bits per heavy atom. The Bertz CT molecular complexity index is 1070. The predicted octanol–water partition coefficient (Wildman–Crippen LogP) is 6.15. The maximum absolute atomic E-state index is 12.3. The Balaban J connectivity index is 1.44. The minimum absolute atomic E-state index is 0.0888. The monoisotopic (exact) mass is 460 g/mol. The summed E-state index contributed by atoms with van der Waals surface area (Å²) in [5.74, 6) is -0.128. The molecule has 0 saturated carbocycles. The van der Waals surface area contributed by atoms with E-state index in [1.54, 1.807) is 18.2 Å². The fraction of sp³-hybridized carbons (Fsp3) is 0.310. The van der Waals surface area contributed by atoms with Crippen LogP contribution in [0.25, 0.3) is 0 Å². The van der Waals surface area contributed by atoms with E-state index >= 15 is 0 Å². The van der Waals surface area contributed by atoms with Crippen molar-refractivity contribution in [2.24, 2.45) is 0 Å². The summed E-state index contributed by atoms with van der Waals surface area (Å²) in [5.41, 5.74) is 2.84. The van der Waals surface area contributed by atoms with E-state index in [2.05, 4.69) is 20.8 Å². The Kier molecular flexibility index (Phi) is 8.86. The van der Waals surface area contributed by atoms with Crippen LogP contribution in [0.4, 0.5) is 0 Å². The first kappa shape index (κ1) is 25.0. The van der Waals surface area contributed by atoms with E-state index in [1.807, 2.05) is 54.6 Å². The highest BCUT2D eigenvalue weighted by molar-refractivity contribution is 5.90. The Hall–Kier alpha value is -3.60. The van der Waals surface area contributed by atoms with Gasteiger partial charge in [0.25, 0.3) is 0 Å². The van der Waals surface area contributed by atoms with Crippen molar-refractivity contribution < 1.29 is 23.8 Å². The zero-order chi connectivity index (χ0) is 24.4. The summed E-state index contributed by atoms with van der Waals surface area (Å²) >= 11 is 0. The molecule has 34 heavy (non-hydrogen) atoms. The molecule has 0 bridgehead atoms. The molecular formula is C29H32O5. The molecule has 0 amide bonds. The molecule has 178 valence electrons. The Morgan fingerprint density at radius 2 is 1.59 bits per heavy atom. The van der Waals surface area contributed by atoms with E-state index in [-0.39, 0.29) is 17.8 Å². The highest BCUT2D eigenvalue weighted by Gasteiger charge is 2.18. The molecule has 0 heterocycles. The molecule has 0 unspecified atom stereocenters. The third kappa shape index (κ3) is 7.48. The molecule has 3 aromatic carbocycles. The Labute approximate surface area is 201 Å². The van der Waals surface area contributed by atoms with Gasteiger partial charge >= 0.3 is 11.9 Å². The van der Waals surface area contributed by atoms with E-state index in [1.165, 1.54) is 17.2 Å². The van der Waals surface area contributed by atoms with Gasteiger partial charge in [-0.15, -0.1) is 0 Å². The van der Waals surface area contributed by atoms with E-state index in [9.17, 15) is 9.59 Å². The molecule has 0 aliphatic carbocycles. The summed E-state index contributed by atoms with van der Waals surface area (Å²) in [7, 11) is 0. The molecular weight excluding hydrogens is 428 g/mol. The summed E-state index contributed by atoms with van der Waals surface area (Å²) in [6, 6.07) is 24.2. The van der Waals surface area contributed by atoms with Crippen LogP contribution < -0.4 is 9.47 Å². The molecule has 5 nitrogen and oxygen atoms in total. The number of hydrogen-bond acceptors (Lipinski definition) is 5. The van der Waals surface area contributed by atoms with Crippen molar-refractivity contribution in [2.75, 3.05) is 13.2 Å². The van der Waals surface area contributed by atoms with Crippen molar-refractivity contribution in [1.82, 2.24) is 0 Å².